The minimum absolute atomic E-state index is 0.100. The minimum atomic E-state index is -2.19. The molecule has 0 unspecified atom stereocenters. The Hall–Kier alpha value is -3.46. The molecule has 2 fully saturated rings. The van der Waals surface area contributed by atoms with Gasteiger partial charge in [0.05, 0.1) is 19.6 Å². The van der Waals surface area contributed by atoms with Crippen molar-refractivity contribution in [1.82, 2.24) is 0 Å². The predicted octanol–water partition coefficient (Wildman–Crippen LogP) is -2.00. The van der Waals surface area contributed by atoms with Crippen molar-refractivity contribution >= 4 is 11.9 Å². The van der Waals surface area contributed by atoms with E-state index in [2.05, 4.69) is 0 Å². The zero-order valence-electron chi connectivity index (χ0n) is 28.0. The molecule has 11 atom stereocenters. The lowest BCUT2D eigenvalue weighted by atomic mass is 9.89. The Bertz CT molecular complexity index is 1400. The summed E-state index contributed by atoms with van der Waals surface area (Å²) < 4.78 is 32.4. The second-order valence-electron chi connectivity index (χ2n) is 13.0. The van der Waals surface area contributed by atoms with Crippen molar-refractivity contribution in [2.45, 2.75) is 107 Å². The molecule has 2 saturated heterocycles. The van der Waals surface area contributed by atoms with E-state index in [9.17, 15) is 55.5 Å². The fourth-order valence-corrected chi connectivity index (χ4v) is 5.57. The van der Waals surface area contributed by atoms with Crippen LogP contribution in [-0.2, 0) is 41.8 Å². The first-order valence-corrected chi connectivity index (χ1v) is 16.3. The Morgan fingerprint density at radius 2 is 1.08 bits per heavy atom. The van der Waals surface area contributed by atoms with Gasteiger partial charge in [-0.3, -0.25) is 4.79 Å². The molecule has 0 saturated carbocycles. The molecule has 2 heterocycles. The number of rotatable bonds is 15. The Kier molecular flexibility index (Phi) is 14.1. The Labute approximate surface area is 293 Å². The van der Waals surface area contributed by atoms with Gasteiger partial charge >= 0.3 is 11.9 Å². The summed E-state index contributed by atoms with van der Waals surface area (Å²) >= 11 is 0. The third kappa shape index (κ3) is 10.3. The van der Waals surface area contributed by atoms with Gasteiger partial charge in [0, 0.05) is 0 Å². The van der Waals surface area contributed by atoms with E-state index in [0.717, 1.165) is 0 Å². The van der Waals surface area contributed by atoms with E-state index in [1.54, 1.807) is 26.0 Å². The van der Waals surface area contributed by atoms with Gasteiger partial charge in [-0.25, -0.2) is 4.79 Å². The van der Waals surface area contributed by atoms with Crippen molar-refractivity contribution in [2.75, 3.05) is 13.2 Å². The van der Waals surface area contributed by atoms with Crippen LogP contribution in [0, 0.1) is 5.92 Å². The Morgan fingerprint density at radius 1 is 0.667 bits per heavy atom. The molecule has 2 aromatic rings. The highest BCUT2D eigenvalue weighted by molar-refractivity contribution is 5.85. The predicted molar refractivity (Wildman–Crippen MR) is 170 cm³/mol. The van der Waals surface area contributed by atoms with Crippen LogP contribution < -0.4 is 9.47 Å². The van der Waals surface area contributed by atoms with Crippen molar-refractivity contribution in [2.24, 2.45) is 5.92 Å². The van der Waals surface area contributed by atoms with Crippen LogP contribution in [0.5, 0.6) is 11.5 Å². The molecule has 0 bridgehead atoms. The third-order valence-corrected chi connectivity index (χ3v) is 8.38. The first-order valence-electron chi connectivity index (χ1n) is 16.3. The molecule has 4 rings (SSSR count). The average molecular weight is 727 g/mol. The fraction of sp³-hybridized carbons (Fsp3) is 0.588. The van der Waals surface area contributed by atoms with E-state index in [1.807, 2.05) is 0 Å². The number of ether oxygens (including phenoxy) is 6. The van der Waals surface area contributed by atoms with Gasteiger partial charge in [0.1, 0.15) is 73.5 Å². The molecule has 51 heavy (non-hydrogen) atoms. The van der Waals surface area contributed by atoms with Crippen LogP contribution in [0.3, 0.4) is 0 Å². The molecule has 284 valence electrons. The highest BCUT2D eigenvalue weighted by Gasteiger charge is 2.46. The molecule has 2 aliphatic rings. The second kappa shape index (κ2) is 17.8. The first kappa shape index (κ1) is 40.3. The summed E-state index contributed by atoms with van der Waals surface area (Å²) in [7, 11) is 0. The quantitative estimate of drug-likeness (QED) is 0.0898. The number of carbonyl (C=O) groups excluding carboxylic acids is 2. The summed E-state index contributed by atoms with van der Waals surface area (Å²) in [4.78, 5) is 25.8. The van der Waals surface area contributed by atoms with E-state index in [0.29, 0.717) is 11.1 Å². The molecule has 9 N–H and O–H groups in total. The van der Waals surface area contributed by atoms with Gasteiger partial charge in [-0.05, 0) is 47.7 Å². The normalized spacial score (nSPS) is 30.7. The van der Waals surface area contributed by atoms with Crippen LogP contribution in [0.25, 0.3) is 0 Å². The van der Waals surface area contributed by atoms with E-state index in [1.165, 1.54) is 36.4 Å². The van der Waals surface area contributed by atoms with Crippen molar-refractivity contribution in [3.63, 3.8) is 0 Å². The monoisotopic (exact) mass is 726 g/mol. The summed E-state index contributed by atoms with van der Waals surface area (Å²) in [6.45, 7) is 1.80. The van der Waals surface area contributed by atoms with E-state index >= 15 is 0 Å². The molecule has 17 nitrogen and oxygen atoms in total. The molecule has 0 aromatic heterocycles. The van der Waals surface area contributed by atoms with Gasteiger partial charge in [0.15, 0.2) is 5.60 Å². The van der Waals surface area contributed by atoms with Crippen LogP contribution in [0.4, 0.5) is 0 Å². The summed E-state index contributed by atoms with van der Waals surface area (Å²) in [5, 5.41) is 90.0. The largest absolute Gasteiger partial charge is 0.462 e. The number of aliphatic hydroxyl groups is 9. The Balaban J connectivity index is 1.27. The number of hydrogen-bond donors (Lipinski definition) is 9. The highest BCUT2D eigenvalue weighted by Crippen LogP contribution is 2.28. The average Bonchev–Trinajstić information content (AvgIpc) is 3.10. The van der Waals surface area contributed by atoms with Gasteiger partial charge in [-0.15, -0.1) is 0 Å². The van der Waals surface area contributed by atoms with Gasteiger partial charge < -0.3 is 74.4 Å². The van der Waals surface area contributed by atoms with Crippen LogP contribution in [-0.4, -0.2) is 138 Å². The highest BCUT2D eigenvalue weighted by atomic mass is 16.7. The number of aliphatic hydroxyl groups excluding tert-OH is 8. The number of hydrogen-bond acceptors (Lipinski definition) is 17. The molecule has 17 heteroatoms. The third-order valence-electron chi connectivity index (χ3n) is 8.38. The van der Waals surface area contributed by atoms with Gasteiger partial charge in [0.25, 0.3) is 0 Å². The summed E-state index contributed by atoms with van der Waals surface area (Å²) in [6, 6.07) is 12.0. The molecule has 2 aliphatic heterocycles. The van der Waals surface area contributed by atoms with E-state index < -0.39 is 98.6 Å². The summed E-state index contributed by atoms with van der Waals surface area (Å²) in [6.07, 6.45) is -15.3. The van der Waals surface area contributed by atoms with Gasteiger partial charge in [0.2, 0.25) is 12.6 Å². The number of benzene rings is 2. The van der Waals surface area contributed by atoms with Crippen LogP contribution in [0.1, 0.15) is 37.8 Å². The summed E-state index contributed by atoms with van der Waals surface area (Å²) in [5.74, 6) is -1.70. The lowest BCUT2D eigenvalue weighted by molar-refractivity contribution is -0.277. The molecular formula is C34H46O17. The standard InChI is InChI=1S/C34H46O17/c1-17(2)11-34(45,33(44)47-16-19-5-9-21(10-6-19)49-32-30(43)28(41)26(39)23(14-36)51-32)12-24(37)46-15-18-3-7-20(8-4-18)48-31-29(42)27(40)25(38)22(13-35)50-31/h3-10,17,22-23,25-32,35-36,38-43,45H,11-16H2,1-2H3/t22-,23-,25-,26-,27+,28+,29-,30-,31-,32-,34-/m1/s1. The zero-order valence-corrected chi connectivity index (χ0v) is 28.0. The Morgan fingerprint density at radius 3 is 1.47 bits per heavy atom. The van der Waals surface area contributed by atoms with Crippen molar-refractivity contribution in [3.05, 3.63) is 59.7 Å². The van der Waals surface area contributed by atoms with E-state index in [4.69, 9.17) is 28.4 Å². The maximum absolute atomic E-state index is 13.1. The SMILES string of the molecule is CC(C)C[C@@](O)(CC(=O)OCc1ccc(O[C@@H]2O[C@H](CO)[C@@H](O)[C@H](O)[C@H]2O)cc1)C(=O)OCc1ccc(O[C@@H]2O[C@H](CO)[C@@H](O)[C@H](O)[C@H]2O)cc1. The maximum Gasteiger partial charge on any atom is 0.339 e. The van der Waals surface area contributed by atoms with Crippen LogP contribution in [0.2, 0.25) is 0 Å². The molecular weight excluding hydrogens is 680 g/mol. The second-order valence-corrected chi connectivity index (χ2v) is 13.0. The molecule has 0 amide bonds. The molecule has 0 aliphatic carbocycles. The maximum atomic E-state index is 13.1. The first-order chi connectivity index (χ1) is 24.1. The van der Waals surface area contributed by atoms with Crippen LogP contribution >= 0.6 is 0 Å². The van der Waals surface area contributed by atoms with Crippen molar-refractivity contribution < 1.29 is 84.0 Å². The smallest absolute Gasteiger partial charge is 0.339 e. The van der Waals surface area contributed by atoms with Gasteiger partial charge in [-0.1, -0.05) is 38.1 Å². The minimum Gasteiger partial charge on any atom is -0.462 e. The lowest BCUT2D eigenvalue weighted by Gasteiger charge is -2.39. The van der Waals surface area contributed by atoms with Crippen molar-refractivity contribution in [1.29, 1.82) is 0 Å². The number of esters is 2. The van der Waals surface area contributed by atoms with E-state index in [-0.39, 0.29) is 37.1 Å². The lowest BCUT2D eigenvalue weighted by Crippen LogP contribution is -2.60. The number of carbonyl (C=O) groups is 2. The molecule has 2 aromatic carbocycles. The topological polar surface area (TPSA) is 272 Å². The molecule has 0 radical (unpaired) electrons. The molecule has 0 spiro atoms. The van der Waals surface area contributed by atoms with Gasteiger partial charge in [-0.2, -0.15) is 0 Å². The van der Waals surface area contributed by atoms with Crippen LogP contribution in [0.15, 0.2) is 48.5 Å². The van der Waals surface area contributed by atoms with Crippen molar-refractivity contribution in [3.8, 4) is 11.5 Å². The fourth-order valence-electron chi connectivity index (χ4n) is 5.57. The summed E-state index contributed by atoms with van der Waals surface area (Å²) in [5.41, 5.74) is -1.20. The zero-order chi connectivity index (χ0) is 37.5.